The molecule has 12 heavy (non-hydrogen) atoms. The fourth-order valence-corrected chi connectivity index (χ4v) is 0.839. The number of hydrogen-bond acceptors (Lipinski definition) is 2. The third-order valence-electron chi connectivity index (χ3n) is 1.43. The number of alkyl halides is 1. The molecule has 0 radical (unpaired) electrons. The Balaban J connectivity index is 3.77. The molecule has 0 fully saturated rings. The van der Waals surface area contributed by atoms with Gasteiger partial charge in [0.2, 0.25) is 5.91 Å². The average molecular weight is 233 g/mol. The van der Waals surface area contributed by atoms with E-state index in [0.717, 1.165) is 6.42 Å². The normalized spacial score (nSPS) is 14.5. The van der Waals surface area contributed by atoms with Gasteiger partial charge < -0.3 is 5.32 Å². The molecular formula is C8H13BrN2O. The molecule has 68 valence electrons. The fourth-order valence-electron chi connectivity index (χ4n) is 0.707. The molecular weight excluding hydrogens is 220 g/mol. The molecule has 0 bridgehead atoms. The van der Waals surface area contributed by atoms with E-state index >= 15 is 0 Å². The van der Waals surface area contributed by atoms with Gasteiger partial charge in [-0.1, -0.05) is 22.9 Å². The summed E-state index contributed by atoms with van der Waals surface area (Å²) >= 11 is 3.23. The molecule has 2 atom stereocenters. The second kappa shape index (κ2) is 6.01. The van der Waals surface area contributed by atoms with Crippen molar-refractivity contribution in [1.29, 1.82) is 5.26 Å². The maximum Gasteiger partial charge on any atom is 0.234 e. The Morgan fingerprint density at radius 1 is 1.75 bits per heavy atom. The summed E-state index contributed by atoms with van der Waals surface area (Å²) in [5, 5.41) is 11.1. The molecule has 0 heterocycles. The summed E-state index contributed by atoms with van der Waals surface area (Å²) in [7, 11) is 0. The molecule has 0 aromatic rings. The molecule has 3 nitrogen and oxygen atoms in total. The third kappa shape index (κ3) is 4.35. The fraction of sp³-hybridized carbons (Fsp3) is 0.750. The van der Waals surface area contributed by atoms with E-state index in [0.29, 0.717) is 6.42 Å². The number of nitrogens with one attached hydrogen (secondary N) is 1. The van der Waals surface area contributed by atoms with Crippen molar-refractivity contribution in [2.45, 2.75) is 37.6 Å². The number of hydrogen-bond donors (Lipinski definition) is 1. The van der Waals surface area contributed by atoms with Gasteiger partial charge >= 0.3 is 0 Å². The van der Waals surface area contributed by atoms with Crippen LogP contribution in [0.15, 0.2) is 0 Å². The van der Waals surface area contributed by atoms with E-state index in [-0.39, 0.29) is 16.8 Å². The summed E-state index contributed by atoms with van der Waals surface area (Å²) in [6.45, 7) is 3.74. The second-order valence-electron chi connectivity index (χ2n) is 2.65. The highest BCUT2D eigenvalue weighted by molar-refractivity contribution is 9.10. The predicted molar refractivity (Wildman–Crippen MR) is 50.8 cm³/mol. The minimum Gasteiger partial charge on any atom is -0.352 e. The maximum absolute atomic E-state index is 11.2. The summed E-state index contributed by atoms with van der Waals surface area (Å²) in [5.74, 6) is -0.0414. The van der Waals surface area contributed by atoms with Crippen LogP contribution in [0, 0.1) is 11.3 Å². The molecule has 1 amide bonds. The van der Waals surface area contributed by atoms with Crippen LogP contribution in [0.5, 0.6) is 0 Å². The van der Waals surface area contributed by atoms with Crippen LogP contribution in [-0.4, -0.2) is 16.8 Å². The number of carbonyl (C=O) groups excluding carboxylic acids is 1. The Kier molecular flexibility index (Phi) is 5.73. The van der Waals surface area contributed by atoms with Crippen molar-refractivity contribution < 1.29 is 4.79 Å². The quantitative estimate of drug-likeness (QED) is 0.749. The van der Waals surface area contributed by atoms with Gasteiger partial charge in [-0.3, -0.25) is 4.79 Å². The first-order valence-electron chi connectivity index (χ1n) is 3.93. The van der Waals surface area contributed by atoms with Gasteiger partial charge in [0.15, 0.2) is 0 Å². The standard InChI is InChI=1S/C8H13BrN2O/c1-3-7(9)8(12)11-6(2)4-5-10/h6-7H,3-4H2,1-2H3,(H,11,12). The molecule has 0 aliphatic heterocycles. The summed E-state index contributed by atoms with van der Waals surface area (Å²) in [6.07, 6.45) is 1.11. The van der Waals surface area contributed by atoms with Crippen LogP contribution in [0.2, 0.25) is 0 Å². The smallest absolute Gasteiger partial charge is 0.234 e. The maximum atomic E-state index is 11.2. The highest BCUT2D eigenvalue weighted by Crippen LogP contribution is 2.04. The number of nitriles is 1. The van der Waals surface area contributed by atoms with Crippen LogP contribution in [0.3, 0.4) is 0 Å². The minimum absolute atomic E-state index is 0.0414. The Bertz CT molecular complexity index is 188. The van der Waals surface area contributed by atoms with Crippen LogP contribution >= 0.6 is 15.9 Å². The number of halogens is 1. The van der Waals surface area contributed by atoms with E-state index in [2.05, 4.69) is 21.2 Å². The van der Waals surface area contributed by atoms with Crippen LogP contribution in [0.1, 0.15) is 26.7 Å². The molecule has 0 rings (SSSR count). The highest BCUT2D eigenvalue weighted by Gasteiger charge is 2.13. The van der Waals surface area contributed by atoms with Crippen LogP contribution in [0.4, 0.5) is 0 Å². The predicted octanol–water partition coefficient (Wildman–Crippen LogP) is 1.58. The van der Waals surface area contributed by atoms with Crippen molar-refractivity contribution in [3.63, 3.8) is 0 Å². The molecule has 4 heteroatoms. The summed E-state index contributed by atoms with van der Waals surface area (Å²) in [4.78, 5) is 11.1. The molecule has 0 spiro atoms. The van der Waals surface area contributed by atoms with Crippen LogP contribution in [0.25, 0.3) is 0 Å². The van der Waals surface area contributed by atoms with Crippen LogP contribution in [-0.2, 0) is 4.79 Å². The van der Waals surface area contributed by atoms with Gasteiger partial charge in [0.05, 0.1) is 17.3 Å². The van der Waals surface area contributed by atoms with Gasteiger partial charge in [-0.05, 0) is 13.3 Å². The zero-order chi connectivity index (χ0) is 9.56. The summed E-state index contributed by atoms with van der Waals surface area (Å²) in [6, 6.07) is 1.94. The Labute approximate surface area is 81.3 Å². The van der Waals surface area contributed by atoms with E-state index in [9.17, 15) is 4.79 Å². The highest BCUT2D eigenvalue weighted by atomic mass is 79.9. The number of amides is 1. The molecule has 0 saturated carbocycles. The lowest BCUT2D eigenvalue weighted by Crippen LogP contribution is -2.37. The van der Waals surface area contributed by atoms with Gasteiger partial charge in [0.25, 0.3) is 0 Å². The van der Waals surface area contributed by atoms with Gasteiger partial charge in [0, 0.05) is 6.04 Å². The van der Waals surface area contributed by atoms with Gasteiger partial charge in [-0.2, -0.15) is 5.26 Å². The summed E-state index contributed by atoms with van der Waals surface area (Å²) < 4.78 is 0. The number of carbonyl (C=O) groups is 1. The number of nitrogens with zero attached hydrogens (tertiary/aromatic N) is 1. The first-order chi connectivity index (χ1) is 5.61. The van der Waals surface area contributed by atoms with Crippen molar-refractivity contribution in [3.8, 4) is 6.07 Å². The van der Waals surface area contributed by atoms with Gasteiger partial charge in [-0.25, -0.2) is 0 Å². The van der Waals surface area contributed by atoms with E-state index in [4.69, 9.17) is 5.26 Å². The summed E-state index contributed by atoms with van der Waals surface area (Å²) in [5.41, 5.74) is 0. The lowest BCUT2D eigenvalue weighted by Gasteiger charge is -2.12. The number of rotatable bonds is 4. The minimum atomic E-state index is -0.140. The van der Waals surface area contributed by atoms with Crippen LogP contribution < -0.4 is 5.32 Å². The Hall–Kier alpha value is -0.560. The van der Waals surface area contributed by atoms with Crippen molar-refractivity contribution in [2.75, 3.05) is 0 Å². The average Bonchev–Trinajstić information content (AvgIpc) is 2.03. The first kappa shape index (κ1) is 11.4. The van der Waals surface area contributed by atoms with Crippen molar-refractivity contribution in [3.05, 3.63) is 0 Å². The SMILES string of the molecule is CCC(Br)C(=O)NC(C)CC#N. The van der Waals surface area contributed by atoms with E-state index in [1.807, 2.05) is 19.9 Å². The lowest BCUT2D eigenvalue weighted by molar-refractivity contribution is -0.121. The lowest BCUT2D eigenvalue weighted by atomic mass is 10.2. The van der Waals surface area contributed by atoms with E-state index in [1.165, 1.54) is 0 Å². The Morgan fingerprint density at radius 3 is 2.75 bits per heavy atom. The first-order valence-corrected chi connectivity index (χ1v) is 4.84. The topological polar surface area (TPSA) is 52.9 Å². The van der Waals surface area contributed by atoms with E-state index < -0.39 is 0 Å². The third-order valence-corrected chi connectivity index (χ3v) is 2.49. The Morgan fingerprint density at radius 2 is 2.33 bits per heavy atom. The van der Waals surface area contributed by atoms with Crippen molar-refractivity contribution >= 4 is 21.8 Å². The van der Waals surface area contributed by atoms with Gasteiger partial charge in [-0.15, -0.1) is 0 Å². The molecule has 0 aliphatic rings. The molecule has 2 unspecified atom stereocenters. The monoisotopic (exact) mass is 232 g/mol. The second-order valence-corrected chi connectivity index (χ2v) is 3.75. The molecule has 0 aliphatic carbocycles. The largest absolute Gasteiger partial charge is 0.352 e. The molecule has 0 aromatic carbocycles. The molecule has 1 N–H and O–H groups in total. The van der Waals surface area contributed by atoms with Gasteiger partial charge in [0.1, 0.15) is 0 Å². The van der Waals surface area contributed by atoms with Crippen molar-refractivity contribution in [2.24, 2.45) is 0 Å². The van der Waals surface area contributed by atoms with Crippen molar-refractivity contribution in [1.82, 2.24) is 5.32 Å². The van der Waals surface area contributed by atoms with E-state index in [1.54, 1.807) is 0 Å². The zero-order valence-electron chi connectivity index (χ0n) is 7.30. The molecule has 0 saturated heterocycles. The molecule has 0 aromatic heterocycles. The zero-order valence-corrected chi connectivity index (χ0v) is 8.89.